The Morgan fingerprint density at radius 3 is 2.83 bits per heavy atom. The van der Waals surface area contributed by atoms with Crippen LogP contribution >= 0.6 is 0 Å². The molecule has 2 fully saturated rings. The molecule has 128 valence electrons. The van der Waals surface area contributed by atoms with Crippen LogP contribution in [0.15, 0.2) is 12.4 Å². The fourth-order valence-electron chi connectivity index (χ4n) is 3.61. The highest BCUT2D eigenvalue weighted by atomic mass is 16.1. The van der Waals surface area contributed by atoms with Gasteiger partial charge in [0.2, 0.25) is 5.91 Å². The van der Waals surface area contributed by atoms with Crippen molar-refractivity contribution in [3.63, 3.8) is 0 Å². The molecule has 1 amide bonds. The maximum atomic E-state index is 12.0. The first-order chi connectivity index (χ1) is 11.7. The van der Waals surface area contributed by atoms with Gasteiger partial charge < -0.3 is 10.2 Å². The lowest BCUT2D eigenvalue weighted by Crippen LogP contribution is -2.36. The second kappa shape index (κ2) is 6.47. The Morgan fingerprint density at radius 2 is 2.12 bits per heavy atom. The molecule has 7 nitrogen and oxygen atoms in total. The lowest BCUT2D eigenvalue weighted by molar-refractivity contribution is -0.127. The molecule has 1 saturated carbocycles. The number of likely N-dealkylation sites (tertiary alicyclic amines) is 1. The molecule has 0 aromatic carbocycles. The predicted octanol–water partition coefficient (Wildman–Crippen LogP) is 1.16. The summed E-state index contributed by atoms with van der Waals surface area (Å²) in [6.45, 7) is 3.33. The SMILES string of the molecule is CN1CCC(c2nn(CCNC(=O)C3CCC3)c3nccnc23)C1. The molecule has 1 unspecified atom stereocenters. The first kappa shape index (κ1) is 15.5. The second-order valence-electron chi connectivity index (χ2n) is 7.00. The first-order valence-electron chi connectivity index (χ1n) is 8.86. The highest BCUT2D eigenvalue weighted by molar-refractivity contribution is 5.79. The van der Waals surface area contributed by atoms with Crippen LogP contribution in [0.25, 0.3) is 11.2 Å². The van der Waals surface area contributed by atoms with E-state index in [2.05, 4.69) is 27.2 Å². The van der Waals surface area contributed by atoms with Crippen molar-refractivity contribution in [2.45, 2.75) is 38.1 Å². The highest BCUT2D eigenvalue weighted by Crippen LogP contribution is 2.29. The Bertz CT molecular complexity index is 738. The highest BCUT2D eigenvalue weighted by Gasteiger charge is 2.27. The number of aromatic nitrogens is 4. The molecule has 7 heteroatoms. The third kappa shape index (κ3) is 2.88. The van der Waals surface area contributed by atoms with Gasteiger partial charge in [0.15, 0.2) is 5.65 Å². The van der Waals surface area contributed by atoms with Crippen molar-refractivity contribution in [2.75, 3.05) is 26.7 Å². The summed E-state index contributed by atoms with van der Waals surface area (Å²) in [4.78, 5) is 23.3. The second-order valence-corrected chi connectivity index (χ2v) is 7.00. The number of nitrogens with one attached hydrogen (secondary N) is 1. The average Bonchev–Trinajstić information content (AvgIpc) is 3.10. The quantitative estimate of drug-likeness (QED) is 0.891. The van der Waals surface area contributed by atoms with Crippen LogP contribution in [0.1, 0.15) is 37.3 Å². The van der Waals surface area contributed by atoms with Crippen LogP contribution < -0.4 is 5.32 Å². The summed E-state index contributed by atoms with van der Waals surface area (Å²) in [5.41, 5.74) is 2.77. The molecule has 24 heavy (non-hydrogen) atoms. The third-order valence-electron chi connectivity index (χ3n) is 5.27. The van der Waals surface area contributed by atoms with Crippen LogP contribution in [0.4, 0.5) is 0 Å². The topological polar surface area (TPSA) is 75.9 Å². The van der Waals surface area contributed by atoms with E-state index in [9.17, 15) is 4.79 Å². The van der Waals surface area contributed by atoms with Crippen LogP contribution in [0.2, 0.25) is 0 Å². The summed E-state index contributed by atoms with van der Waals surface area (Å²) < 4.78 is 1.90. The van der Waals surface area contributed by atoms with E-state index >= 15 is 0 Å². The van der Waals surface area contributed by atoms with Crippen LogP contribution in [-0.4, -0.2) is 57.2 Å². The minimum absolute atomic E-state index is 0.182. The van der Waals surface area contributed by atoms with Gasteiger partial charge in [0.25, 0.3) is 0 Å². The average molecular weight is 328 g/mol. The molecule has 1 aliphatic carbocycles. The number of carbonyl (C=O) groups excluding carboxylic acids is 1. The summed E-state index contributed by atoms with van der Waals surface area (Å²) in [6.07, 6.45) is 7.78. The van der Waals surface area contributed by atoms with Gasteiger partial charge in [0.1, 0.15) is 5.52 Å². The molecule has 1 saturated heterocycles. The molecule has 4 rings (SSSR count). The molecular formula is C17H24N6O. The van der Waals surface area contributed by atoms with Gasteiger partial charge in [0, 0.05) is 37.3 Å². The number of hydrogen-bond donors (Lipinski definition) is 1. The summed E-state index contributed by atoms with van der Waals surface area (Å²) in [5, 5.41) is 7.82. The molecule has 3 heterocycles. The standard InChI is InChI=1S/C17H24N6O/c1-22-9-5-13(11-22)14-15-16(19-7-6-18-15)23(21-14)10-8-20-17(24)12-3-2-4-12/h6-7,12-13H,2-5,8-11H2,1H3,(H,20,24). The van der Waals surface area contributed by atoms with E-state index in [0.717, 1.165) is 49.2 Å². The minimum Gasteiger partial charge on any atom is -0.354 e. The zero-order chi connectivity index (χ0) is 16.5. The van der Waals surface area contributed by atoms with Gasteiger partial charge in [-0.3, -0.25) is 4.79 Å². The van der Waals surface area contributed by atoms with Crippen molar-refractivity contribution in [2.24, 2.45) is 5.92 Å². The number of hydrogen-bond acceptors (Lipinski definition) is 5. The van der Waals surface area contributed by atoms with Gasteiger partial charge >= 0.3 is 0 Å². The number of fused-ring (bicyclic) bond motifs is 1. The Morgan fingerprint density at radius 1 is 1.29 bits per heavy atom. The van der Waals surface area contributed by atoms with E-state index in [1.54, 1.807) is 12.4 Å². The fraction of sp³-hybridized carbons (Fsp3) is 0.647. The van der Waals surface area contributed by atoms with Crippen molar-refractivity contribution < 1.29 is 4.79 Å². The van der Waals surface area contributed by atoms with Gasteiger partial charge in [-0.05, 0) is 32.9 Å². The lowest BCUT2D eigenvalue weighted by Gasteiger charge is -2.23. The Hall–Kier alpha value is -2.02. The molecule has 2 aliphatic rings. The monoisotopic (exact) mass is 328 g/mol. The summed E-state index contributed by atoms with van der Waals surface area (Å²) in [7, 11) is 2.14. The van der Waals surface area contributed by atoms with Gasteiger partial charge in [-0.1, -0.05) is 6.42 Å². The van der Waals surface area contributed by atoms with Crippen LogP contribution in [0, 0.1) is 5.92 Å². The molecule has 2 aromatic heterocycles. The molecule has 1 N–H and O–H groups in total. The molecule has 0 radical (unpaired) electrons. The first-order valence-corrected chi connectivity index (χ1v) is 8.86. The zero-order valence-corrected chi connectivity index (χ0v) is 14.1. The van der Waals surface area contributed by atoms with E-state index in [4.69, 9.17) is 5.10 Å². The predicted molar refractivity (Wildman–Crippen MR) is 90.5 cm³/mol. The maximum Gasteiger partial charge on any atom is 0.223 e. The van der Waals surface area contributed by atoms with Gasteiger partial charge in [-0.15, -0.1) is 0 Å². The van der Waals surface area contributed by atoms with E-state index in [0.29, 0.717) is 19.0 Å². The van der Waals surface area contributed by atoms with E-state index in [-0.39, 0.29) is 11.8 Å². The molecule has 1 atom stereocenters. The van der Waals surface area contributed by atoms with E-state index < -0.39 is 0 Å². The maximum absolute atomic E-state index is 12.0. The van der Waals surface area contributed by atoms with Gasteiger partial charge in [-0.25, -0.2) is 14.6 Å². The van der Waals surface area contributed by atoms with Crippen molar-refractivity contribution in [1.29, 1.82) is 0 Å². The van der Waals surface area contributed by atoms with E-state index in [1.165, 1.54) is 6.42 Å². The molecule has 0 bridgehead atoms. The van der Waals surface area contributed by atoms with Crippen molar-refractivity contribution in [1.82, 2.24) is 30.0 Å². The molecular weight excluding hydrogens is 304 g/mol. The molecule has 2 aromatic rings. The van der Waals surface area contributed by atoms with Crippen LogP contribution in [0.3, 0.4) is 0 Å². The smallest absolute Gasteiger partial charge is 0.223 e. The summed E-state index contributed by atoms with van der Waals surface area (Å²) in [5.74, 6) is 0.824. The largest absolute Gasteiger partial charge is 0.354 e. The van der Waals surface area contributed by atoms with Crippen molar-refractivity contribution in [3.8, 4) is 0 Å². The Balaban J connectivity index is 1.49. The minimum atomic E-state index is 0.182. The number of carbonyl (C=O) groups is 1. The van der Waals surface area contributed by atoms with E-state index in [1.807, 2.05) is 4.68 Å². The number of nitrogens with zero attached hydrogens (tertiary/aromatic N) is 5. The number of likely N-dealkylation sites (N-methyl/N-ethyl adjacent to an activating group) is 1. The lowest BCUT2D eigenvalue weighted by atomic mass is 9.85. The van der Waals surface area contributed by atoms with Gasteiger partial charge in [-0.2, -0.15) is 5.10 Å². The van der Waals surface area contributed by atoms with Crippen LogP contribution in [0.5, 0.6) is 0 Å². The Kier molecular flexibility index (Phi) is 4.18. The summed E-state index contributed by atoms with van der Waals surface area (Å²) >= 11 is 0. The summed E-state index contributed by atoms with van der Waals surface area (Å²) in [6, 6.07) is 0. The van der Waals surface area contributed by atoms with Crippen molar-refractivity contribution >= 4 is 17.1 Å². The number of amides is 1. The molecule has 0 spiro atoms. The van der Waals surface area contributed by atoms with Gasteiger partial charge in [0.05, 0.1) is 12.2 Å². The molecule has 1 aliphatic heterocycles. The van der Waals surface area contributed by atoms with Crippen molar-refractivity contribution in [3.05, 3.63) is 18.1 Å². The fourth-order valence-corrected chi connectivity index (χ4v) is 3.61. The normalized spacial score (nSPS) is 22.0. The zero-order valence-electron chi connectivity index (χ0n) is 14.1. The third-order valence-corrected chi connectivity index (χ3v) is 5.27. The number of rotatable bonds is 5. The van der Waals surface area contributed by atoms with Crippen LogP contribution in [-0.2, 0) is 11.3 Å². The Labute approximate surface area is 141 Å².